The molecule has 26 heavy (non-hydrogen) atoms. The molecule has 146 valence electrons. The lowest BCUT2D eigenvalue weighted by atomic mass is 10.1. The van der Waals surface area contributed by atoms with E-state index in [1.165, 1.54) is 17.8 Å². The van der Waals surface area contributed by atoms with Crippen LogP contribution in [0, 0.1) is 11.7 Å². The first-order chi connectivity index (χ1) is 12.3. The Balaban J connectivity index is 2.97. The number of carbonyl (C=O) groups is 2. The number of nitrogens with one attached hydrogen (secondary N) is 1. The summed E-state index contributed by atoms with van der Waals surface area (Å²) in [5.74, 6) is -0.993. The number of anilines is 1. The van der Waals surface area contributed by atoms with Gasteiger partial charge in [0.1, 0.15) is 11.1 Å². The zero-order valence-corrected chi connectivity index (χ0v) is 17.3. The maximum Gasteiger partial charge on any atom is 0.319 e. The number of hydrogen-bond donors (Lipinski definition) is 1. The first-order valence-electron chi connectivity index (χ1n) is 8.90. The van der Waals surface area contributed by atoms with Crippen molar-refractivity contribution in [2.45, 2.75) is 63.5 Å². The molecule has 0 bridgehead atoms. The summed E-state index contributed by atoms with van der Waals surface area (Å²) in [5, 5.41) is 2.36. The number of hydrogen-bond acceptors (Lipinski definition) is 4. The summed E-state index contributed by atoms with van der Waals surface area (Å²) in [6, 6.07) is 2.64. The van der Waals surface area contributed by atoms with Gasteiger partial charge in [-0.05, 0) is 30.9 Å². The summed E-state index contributed by atoms with van der Waals surface area (Å²) < 4.78 is 19.4. The Kier molecular flexibility index (Phi) is 10.0. The van der Waals surface area contributed by atoms with Crippen LogP contribution < -0.4 is 5.32 Å². The Labute approximate surface area is 164 Å². The van der Waals surface area contributed by atoms with Crippen LogP contribution in [0.15, 0.2) is 17.0 Å². The fourth-order valence-corrected chi connectivity index (χ4v) is 3.69. The third kappa shape index (κ3) is 7.54. The summed E-state index contributed by atoms with van der Waals surface area (Å²) in [4.78, 5) is 24.7. The molecule has 0 aliphatic rings. The van der Waals surface area contributed by atoms with Crippen LogP contribution in [-0.4, -0.2) is 23.7 Å². The first-order valence-corrected chi connectivity index (χ1v) is 10.2. The molecule has 1 N–H and O–H groups in total. The van der Waals surface area contributed by atoms with E-state index in [0.29, 0.717) is 24.3 Å². The van der Waals surface area contributed by atoms with Gasteiger partial charge in [0.2, 0.25) is 5.91 Å². The van der Waals surface area contributed by atoms with Gasteiger partial charge >= 0.3 is 5.97 Å². The second-order valence-corrected chi connectivity index (χ2v) is 8.12. The Hall–Kier alpha value is -1.27. The Morgan fingerprint density at radius 3 is 2.54 bits per heavy atom. The minimum atomic E-state index is -0.600. The van der Waals surface area contributed by atoms with E-state index in [1.807, 2.05) is 27.7 Å². The summed E-state index contributed by atoms with van der Waals surface area (Å²) in [6.45, 7) is 8.10. The van der Waals surface area contributed by atoms with Gasteiger partial charge in [-0.3, -0.25) is 9.59 Å². The second-order valence-electron chi connectivity index (χ2n) is 6.47. The minimum Gasteiger partial charge on any atom is -0.465 e. The van der Waals surface area contributed by atoms with Gasteiger partial charge in [0.05, 0.1) is 17.3 Å². The minimum absolute atomic E-state index is 0.0692. The number of esters is 1. The number of carbonyl (C=O) groups excluding carboxylic acids is 2. The molecule has 0 heterocycles. The van der Waals surface area contributed by atoms with Crippen molar-refractivity contribution in [3.05, 3.63) is 23.0 Å². The zero-order chi connectivity index (χ0) is 19.7. The highest BCUT2D eigenvalue weighted by atomic mass is 35.5. The van der Waals surface area contributed by atoms with Crippen molar-refractivity contribution in [2.75, 3.05) is 11.9 Å². The van der Waals surface area contributed by atoms with E-state index in [-0.39, 0.29) is 28.5 Å². The molecule has 1 aromatic rings. The Morgan fingerprint density at radius 1 is 1.27 bits per heavy atom. The molecule has 0 spiro atoms. The maximum atomic E-state index is 14.1. The van der Waals surface area contributed by atoms with Gasteiger partial charge in [-0.25, -0.2) is 4.39 Å². The van der Waals surface area contributed by atoms with Crippen LogP contribution in [0.3, 0.4) is 0 Å². The molecule has 1 aromatic carbocycles. The smallest absolute Gasteiger partial charge is 0.319 e. The highest BCUT2D eigenvalue weighted by molar-refractivity contribution is 8.00. The number of thioether (sulfide) groups is 1. The monoisotopic (exact) mass is 403 g/mol. The lowest BCUT2D eigenvalue weighted by Crippen LogP contribution is -2.20. The van der Waals surface area contributed by atoms with Gasteiger partial charge in [-0.15, -0.1) is 11.8 Å². The second kappa shape index (κ2) is 11.4. The number of halogens is 2. The standard InChI is InChI=1S/C19H27ClFNO3S/c1-5-7-16(19(24)25-8-6-2)26-17-11-15(14(21)10-13(17)20)22-18(23)9-12(3)4/h10-12,16H,5-9H2,1-4H3,(H,22,23). The van der Waals surface area contributed by atoms with Crippen molar-refractivity contribution in [3.63, 3.8) is 0 Å². The van der Waals surface area contributed by atoms with E-state index in [0.717, 1.165) is 18.9 Å². The summed E-state index contributed by atoms with van der Waals surface area (Å²) in [6.07, 6.45) is 2.47. The van der Waals surface area contributed by atoms with Crippen LogP contribution >= 0.6 is 23.4 Å². The van der Waals surface area contributed by atoms with E-state index < -0.39 is 11.1 Å². The third-order valence-corrected chi connectivity index (χ3v) is 5.15. The maximum absolute atomic E-state index is 14.1. The molecule has 1 unspecified atom stereocenters. The molecule has 4 nitrogen and oxygen atoms in total. The van der Waals surface area contributed by atoms with Gasteiger partial charge < -0.3 is 10.1 Å². The molecular weight excluding hydrogens is 377 g/mol. The van der Waals surface area contributed by atoms with Gasteiger partial charge in [0.15, 0.2) is 0 Å². The predicted molar refractivity (Wildman–Crippen MR) is 105 cm³/mol. The average molecular weight is 404 g/mol. The van der Waals surface area contributed by atoms with Crippen molar-refractivity contribution in [3.8, 4) is 0 Å². The number of amides is 1. The molecule has 0 aliphatic heterocycles. The molecule has 7 heteroatoms. The summed E-state index contributed by atoms with van der Waals surface area (Å²) in [7, 11) is 0. The highest BCUT2D eigenvalue weighted by Crippen LogP contribution is 2.36. The van der Waals surface area contributed by atoms with Crippen molar-refractivity contribution < 1.29 is 18.7 Å². The molecule has 1 rings (SSSR count). The van der Waals surface area contributed by atoms with Crippen molar-refractivity contribution in [2.24, 2.45) is 5.92 Å². The predicted octanol–water partition coefficient (Wildman–Crippen LogP) is 5.68. The van der Waals surface area contributed by atoms with Crippen LogP contribution in [0.5, 0.6) is 0 Å². The summed E-state index contributed by atoms with van der Waals surface area (Å²) in [5.41, 5.74) is 0.0692. The van der Waals surface area contributed by atoms with Crippen LogP contribution in [-0.2, 0) is 14.3 Å². The van der Waals surface area contributed by atoms with Gasteiger partial charge in [-0.1, -0.05) is 45.7 Å². The van der Waals surface area contributed by atoms with E-state index >= 15 is 0 Å². The molecule has 0 aliphatic carbocycles. The lowest BCUT2D eigenvalue weighted by molar-refractivity contribution is -0.143. The number of benzene rings is 1. The fraction of sp³-hybridized carbons (Fsp3) is 0.579. The summed E-state index contributed by atoms with van der Waals surface area (Å²) >= 11 is 7.39. The largest absolute Gasteiger partial charge is 0.465 e. The van der Waals surface area contributed by atoms with Gasteiger partial charge in [0.25, 0.3) is 0 Å². The fourth-order valence-electron chi connectivity index (χ4n) is 2.22. The molecule has 0 fully saturated rings. The first kappa shape index (κ1) is 22.8. The van der Waals surface area contributed by atoms with Crippen LogP contribution in [0.2, 0.25) is 5.02 Å². The van der Waals surface area contributed by atoms with Crippen LogP contribution in [0.25, 0.3) is 0 Å². The molecule has 0 saturated heterocycles. The van der Waals surface area contributed by atoms with Crippen molar-refractivity contribution >= 4 is 40.9 Å². The zero-order valence-electron chi connectivity index (χ0n) is 15.7. The molecular formula is C19H27ClFNO3S. The molecule has 0 radical (unpaired) electrons. The molecule has 1 atom stereocenters. The van der Waals surface area contributed by atoms with Crippen LogP contribution in [0.4, 0.5) is 10.1 Å². The topological polar surface area (TPSA) is 55.4 Å². The van der Waals surface area contributed by atoms with E-state index in [4.69, 9.17) is 16.3 Å². The number of ether oxygens (including phenoxy) is 1. The van der Waals surface area contributed by atoms with Gasteiger partial charge in [-0.2, -0.15) is 0 Å². The van der Waals surface area contributed by atoms with Gasteiger partial charge in [0, 0.05) is 11.3 Å². The SMILES string of the molecule is CCCOC(=O)C(CCC)Sc1cc(NC(=O)CC(C)C)c(F)cc1Cl. The Bertz CT molecular complexity index is 625. The normalized spacial score (nSPS) is 12.1. The average Bonchev–Trinajstić information content (AvgIpc) is 2.55. The lowest BCUT2D eigenvalue weighted by Gasteiger charge is -2.17. The van der Waals surface area contributed by atoms with Crippen LogP contribution in [0.1, 0.15) is 53.4 Å². The number of rotatable bonds is 10. The quantitative estimate of drug-likeness (QED) is 0.403. The molecule has 0 saturated carbocycles. The van der Waals surface area contributed by atoms with Crippen molar-refractivity contribution in [1.29, 1.82) is 0 Å². The Morgan fingerprint density at radius 2 is 1.96 bits per heavy atom. The molecule has 1 amide bonds. The van der Waals surface area contributed by atoms with E-state index in [9.17, 15) is 14.0 Å². The van der Waals surface area contributed by atoms with E-state index in [2.05, 4.69) is 5.32 Å². The highest BCUT2D eigenvalue weighted by Gasteiger charge is 2.23. The van der Waals surface area contributed by atoms with Crippen molar-refractivity contribution in [1.82, 2.24) is 0 Å². The third-order valence-electron chi connectivity index (χ3n) is 3.42. The van der Waals surface area contributed by atoms with E-state index in [1.54, 1.807) is 0 Å². The molecule has 0 aromatic heterocycles.